The molecule has 114 valence electrons. The van der Waals surface area contributed by atoms with E-state index in [0.29, 0.717) is 16.5 Å². The number of benzene rings is 1. The number of carboxylic acid groups (broad SMARTS) is 1. The maximum atomic E-state index is 11.4. The van der Waals surface area contributed by atoms with E-state index in [-0.39, 0.29) is 18.3 Å². The van der Waals surface area contributed by atoms with Crippen molar-refractivity contribution < 1.29 is 29.0 Å². The number of nitrogens with zero attached hydrogens (tertiary/aromatic N) is 1. The summed E-state index contributed by atoms with van der Waals surface area (Å²) in [4.78, 5) is 34.2. The third-order valence-corrected chi connectivity index (χ3v) is 2.87. The van der Waals surface area contributed by atoms with Crippen LogP contribution in [0.15, 0.2) is 36.9 Å². The molecule has 1 aromatic heterocycles. The number of hydrogen-bond donors (Lipinski definition) is 1. The SMILES string of the molecule is C=CCOC(=O)Oc1cc2cc(C(C)=O)ccc2n1C(=O)O. The summed E-state index contributed by atoms with van der Waals surface area (Å²) in [6, 6.07) is 5.86. The fraction of sp³-hybridized carbons (Fsp3) is 0.133. The van der Waals surface area contributed by atoms with Gasteiger partial charge < -0.3 is 14.6 Å². The summed E-state index contributed by atoms with van der Waals surface area (Å²) in [7, 11) is 0. The normalized spacial score (nSPS) is 10.2. The molecule has 0 spiro atoms. The Kier molecular flexibility index (Phi) is 4.26. The van der Waals surface area contributed by atoms with Gasteiger partial charge in [-0.15, -0.1) is 0 Å². The highest BCUT2D eigenvalue weighted by atomic mass is 16.7. The van der Waals surface area contributed by atoms with Gasteiger partial charge >= 0.3 is 12.2 Å². The lowest BCUT2D eigenvalue weighted by Crippen LogP contribution is -2.16. The van der Waals surface area contributed by atoms with Gasteiger partial charge in [0.25, 0.3) is 0 Å². The first-order valence-electron chi connectivity index (χ1n) is 6.29. The molecule has 0 unspecified atom stereocenters. The number of fused-ring (bicyclic) bond motifs is 1. The first-order valence-corrected chi connectivity index (χ1v) is 6.29. The van der Waals surface area contributed by atoms with E-state index < -0.39 is 12.2 Å². The zero-order chi connectivity index (χ0) is 16.3. The fourth-order valence-corrected chi connectivity index (χ4v) is 1.92. The van der Waals surface area contributed by atoms with Gasteiger partial charge in [-0.25, -0.2) is 14.2 Å². The molecule has 0 amide bonds. The second-order valence-corrected chi connectivity index (χ2v) is 4.38. The number of hydrogen-bond acceptors (Lipinski definition) is 5. The molecule has 1 N–H and O–H groups in total. The number of Topliss-reactive ketones (excluding diaryl/α,β-unsaturated/α-hetero) is 1. The predicted octanol–water partition coefficient (Wildman–Crippen LogP) is 3.07. The Bertz CT molecular complexity index is 774. The molecule has 0 aliphatic heterocycles. The van der Waals surface area contributed by atoms with E-state index in [4.69, 9.17) is 4.74 Å². The summed E-state index contributed by atoms with van der Waals surface area (Å²) < 4.78 is 10.3. The van der Waals surface area contributed by atoms with E-state index in [1.54, 1.807) is 0 Å². The maximum absolute atomic E-state index is 11.4. The van der Waals surface area contributed by atoms with Crippen molar-refractivity contribution in [2.75, 3.05) is 6.61 Å². The maximum Gasteiger partial charge on any atom is 0.515 e. The van der Waals surface area contributed by atoms with Crippen LogP contribution in [0.4, 0.5) is 9.59 Å². The molecule has 0 aliphatic carbocycles. The number of ketones is 1. The van der Waals surface area contributed by atoms with Gasteiger partial charge in [0.2, 0.25) is 5.88 Å². The highest BCUT2D eigenvalue weighted by Crippen LogP contribution is 2.27. The monoisotopic (exact) mass is 303 g/mol. The molecule has 1 heterocycles. The molecule has 1 aromatic carbocycles. The number of aromatic nitrogens is 1. The van der Waals surface area contributed by atoms with Crippen LogP contribution in [0.1, 0.15) is 17.3 Å². The molecule has 2 aromatic rings. The largest absolute Gasteiger partial charge is 0.515 e. The standard InChI is InChI=1S/C15H13NO6/c1-3-6-21-15(20)22-13-8-11-7-10(9(2)17)4-5-12(11)16(13)14(18)19/h3-5,7-8H,1,6H2,2H3,(H,18,19). The Labute approximate surface area is 125 Å². The number of carbonyl (C=O) groups is 3. The molecule has 0 fully saturated rings. The molecule has 0 aliphatic rings. The first kappa shape index (κ1) is 15.3. The summed E-state index contributed by atoms with van der Waals surface area (Å²) in [5.74, 6) is -0.366. The van der Waals surface area contributed by atoms with E-state index in [1.165, 1.54) is 37.3 Å². The van der Waals surface area contributed by atoms with E-state index in [1.807, 2.05) is 0 Å². The molecular formula is C15H13NO6. The van der Waals surface area contributed by atoms with Crippen molar-refractivity contribution in [2.24, 2.45) is 0 Å². The van der Waals surface area contributed by atoms with Crippen LogP contribution in [0.5, 0.6) is 5.88 Å². The van der Waals surface area contributed by atoms with Gasteiger partial charge in [-0.1, -0.05) is 12.7 Å². The quantitative estimate of drug-likeness (QED) is 0.530. The van der Waals surface area contributed by atoms with Crippen molar-refractivity contribution in [1.82, 2.24) is 4.57 Å². The van der Waals surface area contributed by atoms with Crippen LogP contribution in [0.25, 0.3) is 10.9 Å². The van der Waals surface area contributed by atoms with Gasteiger partial charge in [-0.3, -0.25) is 4.79 Å². The van der Waals surface area contributed by atoms with Crippen LogP contribution >= 0.6 is 0 Å². The molecule has 7 heteroatoms. The fourth-order valence-electron chi connectivity index (χ4n) is 1.92. The van der Waals surface area contributed by atoms with Crippen molar-refractivity contribution in [3.63, 3.8) is 0 Å². The van der Waals surface area contributed by atoms with Gasteiger partial charge in [-0.2, -0.15) is 0 Å². The second kappa shape index (κ2) is 6.13. The molecule has 2 rings (SSSR count). The number of ether oxygens (including phenoxy) is 2. The van der Waals surface area contributed by atoms with Crippen molar-refractivity contribution >= 4 is 28.9 Å². The van der Waals surface area contributed by atoms with Crippen molar-refractivity contribution in [1.29, 1.82) is 0 Å². The minimum absolute atomic E-state index is 0.0549. The van der Waals surface area contributed by atoms with Gasteiger partial charge in [0.05, 0.1) is 5.52 Å². The van der Waals surface area contributed by atoms with Gasteiger partial charge in [0.1, 0.15) is 6.61 Å². The summed E-state index contributed by atoms with van der Waals surface area (Å²) in [5, 5.41) is 9.73. The lowest BCUT2D eigenvalue weighted by atomic mass is 10.1. The highest BCUT2D eigenvalue weighted by Gasteiger charge is 2.19. The average molecular weight is 303 g/mol. The van der Waals surface area contributed by atoms with Gasteiger partial charge in [0.15, 0.2) is 5.78 Å². The summed E-state index contributed by atoms with van der Waals surface area (Å²) >= 11 is 0. The smallest absolute Gasteiger partial charge is 0.464 e. The second-order valence-electron chi connectivity index (χ2n) is 4.38. The minimum Gasteiger partial charge on any atom is -0.464 e. The first-order chi connectivity index (χ1) is 10.4. The highest BCUT2D eigenvalue weighted by molar-refractivity contribution is 6.00. The molecule has 7 nitrogen and oxygen atoms in total. The van der Waals surface area contributed by atoms with Crippen LogP contribution in [-0.2, 0) is 4.74 Å². The van der Waals surface area contributed by atoms with E-state index in [9.17, 15) is 19.5 Å². The molecule has 0 radical (unpaired) electrons. The minimum atomic E-state index is -1.32. The Hall–Kier alpha value is -3.09. The zero-order valence-corrected chi connectivity index (χ0v) is 11.7. The van der Waals surface area contributed by atoms with Crippen molar-refractivity contribution in [3.05, 3.63) is 42.5 Å². The van der Waals surface area contributed by atoms with E-state index >= 15 is 0 Å². The molecule has 22 heavy (non-hydrogen) atoms. The zero-order valence-electron chi connectivity index (χ0n) is 11.7. The summed E-state index contributed by atoms with van der Waals surface area (Å²) in [6.07, 6.45) is -1.01. The average Bonchev–Trinajstić information content (AvgIpc) is 2.81. The molecular weight excluding hydrogens is 290 g/mol. The topological polar surface area (TPSA) is 94.8 Å². The van der Waals surface area contributed by atoms with Crippen molar-refractivity contribution in [3.8, 4) is 5.88 Å². The Morgan fingerprint density at radius 2 is 2.05 bits per heavy atom. The lowest BCUT2D eigenvalue weighted by Gasteiger charge is -2.05. The Morgan fingerprint density at radius 3 is 2.64 bits per heavy atom. The molecule has 0 saturated carbocycles. The molecule has 0 bridgehead atoms. The predicted molar refractivity (Wildman–Crippen MR) is 77.5 cm³/mol. The number of carbonyl (C=O) groups excluding carboxylic acids is 2. The van der Waals surface area contributed by atoms with E-state index in [2.05, 4.69) is 11.3 Å². The van der Waals surface area contributed by atoms with Crippen LogP contribution < -0.4 is 4.74 Å². The third kappa shape index (κ3) is 2.98. The lowest BCUT2D eigenvalue weighted by molar-refractivity contribution is 0.101. The number of rotatable bonds is 4. The third-order valence-electron chi connectivity index (χ3n) is 2.87. The van der Waals surface area contributed by atoms with E-state index in [0.717, 1.165) is 4.57 Å². The van der Waals surface area contributed by atoms with Crippen LogP contribution in [0, 0.1) is 0 Å². The summed E-state index contributed by atoms with van der Waals surface area (Å²) in [6.45, 7) is 4.73. The van der Waals surface area contributed by atoms with Crippen molar-refractivity contribution in [2.45, 2.75) is 6.92 Å². The molecule has 0 atom stereocenters. The molecule has 0 saturated heterocycles. The van der Waals surface area contributed by atoms with Gasteiger partial charge in [-0.05, 0) is 25.1 Å². The Balaban J connectivity index is 2.46. The van der Waals surface area contributed by atoms with Crippen LogP contribution in [0.2, 0.25) is 0 Å². The van der Waals surface area contributed by atoms with Gasteiger partial charge in [0, 0.05) is 17.0 Å². The van der Waals surface area contributed by atoms with Crippen LogP contribution in [-0.4, -0.2) is 34.3 Å². The summed E-state index contributed by atoms with van der Waals surface area (Å²) in [5.41, 5.74) is 0.722. The van der Waals surface area contributed by atoms with Crippen LogP contribution in [0.3, 0.4) is 0 Å². The Morgan fingerprint density at radius 1 is 1.32 bits per heavy atom.